The first kappa shape index (κ1) is 13.9. The molecule has 0 amide bonds. The van der Waals surface area contributed by atoms with E-state index < -0.39 is 0 Å². The van der Waals surface area contributed by atoms with Crippen LogP contribution in [-0.4, -0.2) is 36.6 Å². The Kier molecular flexibility index (Phi) is 4.81. The molecule has 1 saturated heterocycles. The summed E-state index contributed by atoms with van der Waals surface area (Å²) in [5, 5.41) is 3.75. The molecule has 3 rings (SSSR count). The van der Waals surface area contributed by atoms with E-state index in [0.29, 0.717) is 0 Å². The van der Waals surface area contributed by atoms with Gasteiger partial charge in [-0.05, 0) is 63.5 Å². The van der Waals surface area contributed by atoms with Gasteiger partial charge >= 0.3 is 0 Å². The second-order valence-electron chi connectivity index (χ2n) is 7.21. The Hall–Kier alpha value is -0.0800. The highest BCUT2D eigenvalue weighted by atomic mass is 15.2. The minimum Gasteiger partial charge on any atom is -0.314 e. The van der Waals surface area contributed by atoms with Gasteiger partial charge in [-0.25, -0.2) is 0 Å². The first-order chi connectivity index (χ1) is 9.36. The molecule has 0 radical (unpaired) electrons. The van der Waals surface area contributed by atoms with Gasteiger partial charge in [0.2, 0.25) is 0 Å². The van der Waals surface area contributed by atoms with E-state index in [1.54, 1.807) is 0 Å². The van der Waals surface area contributed by atoms with Gasteiger partial charge in [-0.3, -0.25) is 4.90 Å². The molecule has 2 nitrogen and oxygen atoms in total. The molecule has 110 valence electrons. The highest BCUT2D eigenvalue weighted by molar-refractivity contribution is 4.88. The lowest BCUT2D eigenvalue weighted by atomic mass is 9.80. The zero-order chi connectivity index (χ0) is 13.1. The third-order valence-electron chi connectivity index (χ3n) is 5.69. The van der Waals surface area contributed by atoms with E-state index in [1.807, 2.05) is 0 Å². The third kappa shape index (κ3) is 3.72. The Morgan fingerprint density at radius 1 is 1.00 bits per heavy atom. The van der Waals surface area contributed by atoms with E-state index in [9.17, 15) is 0 Å². The third-order valence-corrected chi connectivity index (χ3v) is 5.69. The molecule has 1 aliphatic heterocycles. The molecule has 3 unspecified atom stereocenters. The molecule has 0 aromatic heterocycles. The quantitative estimate of drug-likeness (QED) is 0.818. The highest BCUT2D eigenvalue weighted by Gasteiger charge is 2.32. The summed E-state index contributed by atoms with van der Waals surface area (Å²) in [7, 11) is 0. The summed E-state index contributed by atoms with van der Waals surface area (Å²) < 4.78 is 0. The molecule has 2 heteroatoms. The lowest BCUT2D eigenvalue weighted by Crippen LogP contribution is -2.49. The minimum atomic E-state index is 0.883. The smallest absolute Gasteiger partial charge is 0.0123 e. The lowest BCUT2D eigenvalue weighted by molar-refractivity contribution is 0.0598. The van der Waals surface area contributed by atoms with Crippen molar-refractivity contribution < 1.29 is 0 Å². The van der Waals surface area contributed by atoms with Crippen LogP contribution < -0.4 is 5.32 Å². The standard InChI is InChI=1S/C17H32N2/c1-2-15-7-3-4-8-17(15)19-11-5-6-14(13-19)12-18-16-9-10-16/h14-18H,2-13H2,1H3. The van der Waals surface area contributed by atoms with Crippen LogP contribution in [-0.2, 0) is 0 Å². The van der Waals surface area contributed by atoms with Crippen molar-refractivity contribution in [2.45, 2.75) is 76.8 Å². The second kappa shape index (κ2) is 6.58. The van der Waals surface area contributed by atoms with E-state index in [4.69, 9.17) is 0 Å². The summed E-state index contributed by atoms with van der Waals surface area (Å²) in [6, 6.07) is 1.80. The maximum Gasteiger partial charge on any atom is 0.0123 e. The molecular weight excluding hydrogens is 232 g/mol. The molecule has 1 N–H and O–H groups in total. The molecule has 3 fully saturated rings. The average molecular weight is 264 g/mol. The molecule has 2 saturated carbocycles. The second-order valence-corrected chi connectivity index (χ2v) is 7.21. The van der Waals surface area contributed by atoms with Crippen molar-refractivity contribution >= 4 is 0 Å². The number of rotatable bonds is 5. The summed E-state index contributed by atoms with van der Waals surface area (Å²) in [6.07, 6.45) is 13.1. The minimum absolute atomic E-state index is 0.883. The van der Waals surface area contributed by atoms with Gasteiger partial charge < -0.3 is 5.32 Å². The van der Waals surface area contributed by atoms with Gasteiger partial charge in [0.05, 0.1) is 0 Å². The molecule has 3 aliphatic rings. The topological polar surface area (TPSA) is 15.3 Å². The summed E-state index contributed by atoms with van der Waals surface area (Å²) in [5.41, 5.74) is 0. The number of hydrogen-bond donors (Lipinski definition) is 1. The van der Waals surface area contributed by atoms with Crippen molar-refractivity contribution in [2.24, 2.45) is 11.8 Å². The Balaban J connectivity index is 1.50. The first-order valence-corrected chi connectivity index (χ1v) is 8.84. The Morgan fingerprint density at radius 2 is 1.84 bits per heavy atom. The van der Waals surface area contributed by atoms with E-state index in [2.05, 4.69) is 17.1 Å². The molecule has 2 aliphatic carbocycles. The number of piperidine rings is 1. The molecule has 0 aromatic rings. The Morgan fingerprint density at radius 3 is 2.63 bits per heavy atom. The summed E-state index contributed by atoms with van der Waals surface area (Å²) >= 11 is 0. The van der Waals surface area contributed by atoms with Crippen molar-refractivity contribution in [1.82, 2.24) is 10.2 Å². The molecule has 19 heavy (non-hydrogen) atoms. The lowest BCUT2D eigenvalue weighted by Gasteiger charge is -2.44. The molecule has 1 heterocycles. The Bertz CT molecular complexity index is 274. The number of hydrogen-bond acceptors (Lipinski definition) is 2. The van der Waals surface area contributed by atoms with E-state index in [0.717, 1.165) is 23.9 Å². The fourth-order valence-electron chi connectivity index (χ4n) is 4.33. The largest absolute Gasteiger partial charge is 0.314 e. The normalized spacial score (nSPS) is 37.4. The monoisotopic (exact) mass is 264 g/mol. The molecular formula is C17H32N2. The summed E-state index contributed by atoms with van der Waals surface area (Å²) in [5.74, 6) is 1.91. The number of likely N-dealkylation sites (tertiary alicyclic amines) is 1. The van der Waals surface area contributed by atoms with E-state index >= 15 is 0 Å². The predicted octanol–water partition coefficient (Wildman–Crippen LogP) is 3.42. The van der Waals surface area contributed by atoms with Gasteiger partial charge in [0.1, 0.15) is 0 Å². The molecule has 0 aromatic carbocycles. The van der Waals surface area contributed by atoms with E-state index in [1.165, 1.54) is 77.4 Å². The average Bonchev–Trinajstić information content (AvgIpc) is 3.29. The van der Waals surface area contributed by atoms with Crippen LogP contribution in [0.3, 0.4) is 0 Å². The van der Waals surface area contributed by atoms with Gasteiger partial charge in [0, 0.05) is 18.6 Å². The van der Waals surface area contributed by atoms with Crippen molar-refractivity contribution in [3.63, 3.8) is 0 Å². The zero-order valence-electron chi connectivity index (χ0n) is 12.7. The zero-order valence-corrected chi connectivity index (χ0v) is 12.7. The number of nitrogens with zero attached hydrogens (tertiary/aromatic N) is 1. The van der Waals surface area contributed by atoms with Gasteiger partial charge in [0.15, 0.2) is 0 Å². The van der Waals surface area contributed by atoms with Crippen molar-refractivity contribution in [1.29, 1.82) is 0 Å². The van der Waals surface area contributed by atoms with E-state index in [-0.39, 0.29) is 0 Å². The molecule has 0 bridgehead atoms. The molecule has 3 atom stereocenters. The van der Waals surface area contributed by atoms with Crippen LogP contribution in [0.1, 0.15) is 64.7 Å². The van der Waals surface area contributed by atoms with Crippen molar-refractivity contribution in [2.75, 3.05) is 19.6 Å². The molecule has 0 spiro atoms. The van der Waals surface area contributed by atoms with Gasteiger partial charge in [0.25, 0.3) is 0 Å². The summed E-state index contributed by atoms with van der Waals surface area (Å²) in [6.45, 7) is 6.44. The first-order valence-electron chi connectivity index (χ1n) is 8.84. The van der Waals surface area contributed by atoms with Crippen LogP contribution in [0.2, 0.25) is 0 Å². The van der Waals surface area contributed by atoms with Gasteiger partial charge in [-0.2, -0.15) is 0 Å². The van der Waals surface area contributed by atoms with Gasteiger partial charge in [-0.1, -0.05) is 26.2 Å². The SMILES string of the molecule is CCC1CCCCC1N1CCCC(CNC2CC2)C1. The fraction of sp³-hybridized carbons (Fsp3) is 1.00. The van der Waals surface area contributed by atoms with Gasteiger partial charge in [-0.15, -0.1) is 0 Å². The maximum absolute atomic E-state index is 3.75. The van der Waals surface area contributed by atoms with Crippen LogP contribution in [0.5, 0.6) is 0 Å². The van der Waals surface area contributed by atoms with Crippen LogP contribution in [0.25, 0.3) is 0 Å². The van der Waals surface area contributed by atoms with Crippen LogP contribution in [0, 0.1) is 11.8 Å². The Labute approximate surface area is 119 Å². The highest BCUT2D eigenvalue weighted by Crippen LogP contribution is 2.33. The van der Waals surface area contributed by atoms with Crippen LogP contribution in [0.15, 0.2) is 0 Å². The van der Waals surface area contributed by atoms with Crippen LogP contribution >= 0.6 is 0 Å². The van der Waals surface area contributed by atoms with Crippen molar-refractivity contribution in [3.05, 3.63) is 0 Å². The van der Waals surface area contributed by atoms with Crippen LogP contribution in [0.4, 0.5) is 0 Å². The fourth-order valence-corrected chi connectivity index (χ4v) is 4.33. The number of nitrogens with one attached hydrogen (secondary N) is 1. The maximum atomic E-state index is 3.75. The van der Waals surface area contributed by atoms with Crippen molar-refractivity contribution in [3.8, 4) is 0 Å². The predicted molar refractivity (Wildman–Crippen MR) is 81.4 cm³/mol. The summed E-state index contributed by atoms with van der Waals surface area (Å²) in [4.78, 5) is 2.87.